The second-order valence-corrected chi connectivity index (χ2v) is 5.53. The summed E-state index contributed by atoms with van der Waals surface area (Å²) in [5.41, 5.74) is 0. The Morgan fingerprint density at radius 2 is 2.41 bits per heavy atom. The summed E-state index contributed by atoms with van der Waals surface area (Å²) in [4.78, 5) is 11.8. The smallest absolute Gasteiger partial charge is 0.230 e. The van der Waals surface area contributed by atoms with E-state index in [4.69, 9.17) is 0 Å². The summed E-state index contributed by atoms with van der Waals surface area (Å²) in [5.74, 6) is 1.11. The summed E-state index contributed by atoms with van der Waals surface area (Å²) < 4.78 is 0. The van der Waals surface area contributed by atoms with E-state index in [9.17, 15) is 4.79 Å². The predicted molar refractivity (Wildman–Crippen MR) is 66.7 cm³/mol. The summed E-state index contributed by atoms with van der Waals surface area (Å²) in [7, 11) is 0. The number of carbonyl (C=O) groups is 1. The number of hydrogen-bond donors (Lipinski definition) is 2. The number of carbonyl (C=O) groups excluding carboxylic acids is 1. The van der Waals surface area contributed by atoms with Crippen LogP contribution in [-0.2, 0) is 4.79 Å². The molecule has 0 radical (unpaired) electrons. The van der Waals surface area contributed by atoms with E-state index >= 15 is 0 Å². The van der Waals surface area contributed by atoms with Crippen LogP contribution in [-0.4, -0.2) is 33.1 Å². The van der Waals surface area contributed by atoms with Gasteiger partial charge in [-0.1, -0.05) is 31.5 Å². The van der Waals surface area contributed by atoms with Crippen molar-refractivity contribution >= 4 is 17.7 Å². The van der Waals surface area contributed by atoms with Crippen LogP contribution in [0.15, 0.2) is 11.2 Å². The van der Waals surface area contributed by atoms with Gasteiger partial charge < -0.3 is 5.32 Å². The Morgan fingerprint density at radius 1 is 1.59 bits per heavy atom. The monoisotopic (exact) mass is 254 g/mol. The van der Waals surface area contributed by atoms with Crippen LogP contribution in [0.3, 0.4) is 0 Å². The number of nitrogens with zero attached hydrogens (tertiary/aromatic N) is 2. The van der Waals surface area contributed by atoms with Gasteiger partial charge in [0.15, 0.2) is 0 Å². The highest BCUT2D eigenvalue weighted by Crippen LogP contribution is 2.23. The molecule has 0 bridgehead atoms. The van der Waals surface area contributed by atoms with Crippen molar-refractivity contribution in [1.29, 1.82) is 0 Å². The largest absolute Gasteiger partial charge is 0.352 e. The molecule has 1 heterocycles. The van der Waals surface area contributed by atoms with Crippen LogP contribution in [0.5, 0.6) is 0 Å². The first-order chi connectivity index (χ1) is 8.25. The molecule has 6 heteroatoms. The van der Waals surface area contributed by atoms with Crippen molar-refractivity contribution < 1.29 is 4.79 Å². The molecule has 1 aliphatic rings. The van der Waals surface area contributed by atoms with Crippen molar-refractivity contribution in [1.82, 2.24) is 20.7 Å². The zero-order valence-electron chi connectivity index (χ0n) is 9.98. The number of hydrogen-bond acceptors (Lipinski definition) is 4. The predicted octanol–water partition coefficient (Wildman–Crippen LogP) is 1.59. The summed E-state index contributed by atoms with van der Waals surface area (Å²) >= 11 is 1.41. The molecule has 1 aromatic rings. The third-order valence-electron chi connectivity index (χ3n) is 3.20. The lowest BCUT2D eigenvalue weighted by atomic mass is 9.86. The van der Waals surface area contributed by atoms with Crippen molar-refractivity contribution in [3.8, 4) is 0 Å². The Balaban J connectivity index is 1.73. The molecule has 94 valence electrons. The highest BCUT2D eigenvalue weighted by Gasteiger charge is 2.22. The normalized spacial score (nSPS) is 24.5. The maximum atomic E-state index is 11.8. The Bertz CT molecular complexity index is 354. The summed E-state index contributed by atoms with van der Waals surface area (Å²) in [6, 6.07) is 0.356. The van der Waals surface area contributed by atoms with E-state index in [1.54, 1.807) is 6.20 Å². The van der Waals surface area contributed by atoms with Gasteiger partial charge in [-0.15, -0.1) is 5.10 Å². The number of aromatic amines is 1. The maximum absolute atomic E-state index is 11.8. The van der Waals surface area contributed by atoms with Crippen molar-refractivity contribution in [2.24, 2.45) is 5.92 Å². The minimum atomic E-state index is 0.0942. The molecule has 0 saturated heterocycles. The third kappa shape index (κ3) is 3.73. The van der Waals surface area contributed by atoms with Gasteiger partial charge in [0.05, 0.1) is 11.9 Å². The minimum Gasteiger partial charge on any atom is -0.352 e. The van der Waals surface area contributed by atoms with E-state index in [0.29, 0.717) is 17.7 Å². The second-order valence-electron chi connectivity index (χ2n) is 4.53. The van der Waals surface area contributed by atoms with Gasteiger partial charge in [0.25, 0.3) is 0 Å². The minimum absolute atomic E-state index is 0.0942. The molecule has 5 nitrogen and oxygen atoms in total. The van der Waals surface area contributed by atoms with Gasteiger partial charge >= 0.3 is 0 Å². The Morgan fingerprint density at radius 3 is 3.12 bits per heavy atom. The molecule has 1 fully saturated rings. The first kappa shape index (κ1) is 12.4. The van der Waals surface area contributed by atoms with E-state index in [2.05, 4.69) is 27.7 Å². The second kappa shape index (κ2) is 6.05. The van der Waals surface area contributed by atoms with Gasteiger partial charge in [0.2, 0.25) is 5.91 Å². The van der Waals surface area contributed by atoms with Crippen molar-refractivity contribution in [3.05, 3.63) is 6.20 Å². The van der Waals surface area contributed by atoms with Crippen LogP contribution in [0.25, 0.3) is 0 Å². The van der Waals surface area contributed by atoms with E-state index in [0.717, 1.165) is 11.4 Å². The Kier molecular flexibility index (Phi) is 4.42. The lowest BCUT2D eigenvalue weighted by molar-refractivity contribution is -0.119. The summed E-state index contributed by atoms with van der Waals surface area (Å²) in [6.07, 6.45) is 6.48. The molecule has 1 amide bonds. The molecule has 1 saturated carbocycles. The molecule has 2 rings (SSSR count). The quantitative estimate of drug-likeness (QED) is 0.801. The van der Waals surface area contributed by atoms with Crippen molar-refractivity contribution in [3.63, 3.8) is 0 Å². The first-order valence-electron chi connectivity index (χ1n) is 6.03. The molecule has 1 aliphatic carbocycles. The zero-order valence-corrected chi connectivity index (χ0v) is 10.8. The number of thioether (sulfide) groups is 1. The molecule has 0 spiro atoms. The van der Waals surface area contributed by atoms with Gasteiger partial charge in [0.1, 0.15) is 5.03 Å². The fraction of sp³-hybridized carbons (Fsp3) is 0.727. The van der Waals surface area contributed by atoms with Crippen LogP contribution < -0.4 is 5.32 Å². The summed E-state index contributed by atoms with van der Waals surface area (Å²) in [5, 5.41) is 14.0. The van der Waals surface area contributed by atoms with Crippen LogP contribution in [0, 0.1) is 5.92 Å². The fourth-order valence-electron chi connectivity index (χ4n) is 2.18. The highest BCUT2D eigenvalue weighted by atomic mass is 32.2. The van der Waals surface area contributed by atoms with Crippen molar-refractivity contribution in [2.45, 2.75) is 43.7 Å². The number of nitrogens with one attached hydrogen (secondary N) is 2. The van der Waals surface area contributed by atoms with E-state index in [1.807, 2.05) is 0 Å². The molecule has 0 aliphatic heterocycles. The lowest BCUT2D eigenvalue weighted by Crippen LogP contribution is -2.41. The number of H-pyrrole nitrogens is 1. The number of aromatic nitrogens is 3. The molecule has 17 heavy (non-hydrogen) atoms. The van der Waals surface area contributed by atoms with Gasteiger partial charge in [-0.2, -0.15) is 10.3 Å². The van der Waals surface area contributed by atoms with Gasteiger partial charge in [0, 0.05) is 6.04 Å². The Labute approximate surface area is 105 Å². The van der Waals surface area contributed by atoms with Gasteiger partial charge in [-0.25, -0.2) is 0 Å². The average molecular weight is 254 g/mol. The van der Waals surface area contributed by atoms with Crippen LogP contribution in [0.2, 0.25) is 0 Å². The average Bonchev–Trinajstić information content (AvgIpc) is 2.82. The number of rotatable bonds is 4. The van der Waals surface area contributed by atoms with Crippen LogP contribution in [0.4, 0.5) is 0 Å². The Hall–Kier alpha value is -1.04. The highest BCUT2D eigenvalue weighted by molar-refractivity contribution is 7.99. The van der Waals surface area contributed by atoms with E-state index in [1.165, 1.54) is 31.0 Å². The third-order valence-corrected chi connectivity index (χ3v) is 4.10. The molecular formula is C11H18N4OS. The van der Waals surface area contributed by atoms with Crippen LogP contribution in [0.1, 0.15) is 32.6 Å². The van der Waals surface area contributed by atoms with Crippen molar-refractivity contribution in [2.75, 3.05) is 5.75 Å². The molecule has 0 unspecified atom stereocenters. The lowest BCUT2D eigenvalue weighted by Gasteiger charge is -2.29. The summed E-state index contributed by atoms with van der Waals surface area (Å²) in [6.45, 7) is 2.22. The zero-order chi connectivity index (χ0) is 12.1. The fourth-order valence-corrected chi connectivity index (χ4v) is 2.77. The molecule has 0 aromatic carbocycles. The first-order valence-corrected chi connectivity index (χ1v) is 7.02. The van der Waals surface area contributed by atoms with E-state index in [-0.39, 0.29) is 5.91 Å². The topological polar surface area (TPSA) is 70.7 Å². The molecule has 2 atom stereocenters. The molecular weight excluding hydrogens is 236 g/mol. The molecule has 1 aromatic heterocycles. The van der Waals surface area contributed by atoms with Gasteiger partial charge in [-0.3, -0.25) is 4.79 Å². The van der Waals surface area contributed by atoms with E-state index < -0.39 is 0 Å². The SMILES string of the molecule is C[C@H]1CCCC[C@@H]1NC(=O)CSc1cn[nH]n1. The molecule has 2 N–H and O–H groups in total. The van der Waals surface area contributed by atoms with Gasteiger partial charge in [-0.05, 0) is 18.8 Å². The standard InChI is InChI=1S/C11H18N4OS/c1-8-4-2-3-5-9(8)13-10(16)7-17-11-6-12-15-14-11/h6,8-9H,2-5,7H2,1H3,(H,13,16)(H,12,14,15)/t8-,9-/m0/s1. The maximum Gasteiger partial charge on any atom is 0.230 e. The number of amides is 1. The van der Waals surface area contributed by atoms with Crippen LogP contribution >= 0.6 is 11.8 Å².